The van der Waals surface area contributed by atoms with E-state index in [0.717, 1.165) is 58.2 Å². The van der Waals surface area contributed by atoms with E-state index in [1.54, 1.807) is 0 Å². The predicted octanol–water partition coefficient (Wildman–Crippen LogP) is 7.70. The summed E-state index contributed by atoms with van der Waals surface area (Å²) in [5, 5.41) is 1.48. The van der Waals surface area contributed by atoms with Gasteiger partial charge in [0, 0.05) is 60.3 Å². The Morgan fingerprint density at radius 3 is 2.44 bits per heavy atom. The van der Waals surface area contributed by atoms with Gasteiger partial charge in [-0.25, -0.2) is 9.97 Å². The highest BCUT2D eigenvalue weighted by Crippen LogP contribution is 2.39. The van der Waals surface area contributed by atoms with Crippen LogP contribution >= 0.6 is 22.9 Å². The standard InChI is InChI=1S/C31H35ClN4O2S/c1-5-38-26-15-12-21(23-17-33-31(34-18-23)35(3)4)16-22(26)19-36(24-13-10-20(2)11-14-24)30(37)29-28(32)25-8-6-7-9-27(25)39-29/h6-9,12,15-18,20,24H,5,10-11,13-14,19H2,1-4H3/t20-,24-. The number of aromatic nitrogens is 2. The van der Waals surface area contributed by atoms with Crippen molar-refractivity contribution in [2.24, 2.45) is 5.92 Å². The fraction of sp³-hybridized carbons (Fsp3) is 0.387. The van der Waals surface area contributed by atoms with E-state index < -0.39 is 0 Å². The molecule has 5 rings (SSSR count). The molecule has 0 atom stereocenters. The number of halogens is 1. The van der Waals surface area contributed by atoms with Crippen LogP contribution in [-0.4, -0.2) is 47.5 Å². The SMILES string of the molecule is CCOc1ccc(-c2cnc(N(C)C)nc2)cc1CN(C(=O)c1sc2ccccc2c1Cl)[C@H]1CC[C@H](C)CC1. The van der Waals surface area contributed by atoms with Gasteiger partial charge in [0.15, 0.2) is 0 Å². The van der Waals surface area contributed by atoms with Crippen LogP contribution in [0.5, 0.6) is 5.75 Å². The van der Waals surface area contributed by atoms with Crippen LogP contribution in [-0.2, 0) is 6.54 Å². The minimum Gasteiger partial charge on any atom is -0.494 e. The zero-order valence-electron chi connectivity index (χ0n) is 23.0. The number of rotatable bonds is 8. The minimum atomic E-state index is -0.00715. The van der Waals surface area contributed by atoms with Gasteiger partial charge in [0.25, 0.3) is 5.91 Å². The second kappa shape index (κ2) is 11.9. The molecule has 0 radical (unpaired) electrons. The fourth-order valence-electron chi connectivity index (χ4n) is 5.27. The van der Waals surface area contributed by atoms with E-state index in [9.17, 15) is 4.79 Å². The molecular formula is C31H35ClN4O2S. The minimum absolute atomic E-state index is 0.00715. The van der Waals surface area contributed by atoms with Crippen LogP contribution in [0.4, 0.5) is 5.95 Å². The largest absolute Gasteiger partial charge is 0.494 e. The first-order chi connectivity index (χ1) is 18.9. The van der Waals surface area contributed by atoms with Crippen molar-refractivity contribution < 1.29 is 9.53 Å². The summed E-state index contributed by atoms with van der Waals surface area (Å²) in [5.41, 5.74) is 2.88. The first-order valence-electron chi connectivity index (χ1n) is 13.6. The maximum atomic E-state index is 14.2. The summed E-state index contributed by atoms with van der Waals surface area (Å²) in [6.07, 6.45) is 7.87. The van der Waals surface area contributed by atoms with Crippen molar-refractivity contribution in [2.75, 3.05) is 25.6 Å². The molecule has 0 unspecified atom stereocenters. The number of ether oxygens (including phenoxy) is 1. The molecule has 2 heterocycles. The lowest BCUT2D eigenvalue weighted by molar-refractivity contribution is 0.0596. The van der Waals surface area contributed by atoms with E-state index in [-0.39, 0.29) is 11.9 Å². The Hall–Kier alpha value is -3.16. The van der Waals surface area contributed by atoms with E-state index in [2.05, 4.69) is 23.0 Å². The Morgan fingerprint density at radius 1 is 1.05 bits per heavy atom. The maximum absolute atomic E-state index is 14.2. The third kappa shape index (κ3) is 5.89. The van der Waals surface area contributed by atoms with Crippen molar-refractivity contribution in [3.05, 3.63) is 70.3 Å². The van der Waals surface area contributed by atoms with Crippen LogP contribution in [0, 0.1) is 5.92 Å². The summed E-state index contributed by atoms with van der Waals surface area (Å²) in [5.74, 6) is 2.12. The smallest absolute Gasteiger partial charge is 0.266 e. The van der Waals surface area contributed by atoms with Gasteiger partial charge < -0.3 is 14.5 Å². The number of fused-ring (bicyclic) bond motifs is 1. The number of carbonyl (C=O) groups excluding carboxylic acids is 1. The highest BCUT2D eigenvalue weighted by atomic mass is 35.5. The molecule has 1 saturated carbocycles. The second-order valence-electron chi connectivity index (χ2n) is 10.5. The molecule has 0 bridgehead atoms. The first-order valence-corrected chi connectivity index (χ1v) is 14.8. The van der Waals surface area contributed by atoms with Crippen molar-refractivity contribution >= 4 is 44.9 Å². The van der Waals surface area contributed by atoms with Crippen molar-refractivity contribution in [1.82, 2.24) is 14.9 Å². The monoisotopic (exact) mass is 562 g/mol. The Balaban J connectivity index is 1.53. The van der Waals surface area contributed by atoms with Gasteiger partial charge in [-0.3, -0.25) is 4.79 Å². The van der Waals surface area contributed by atoms with Crippen LogP contribution < -0.4 is 9.64 Å². The summed E-state index contributed by atoms with van der Waals surface area (Å²) >= 11 is 8.28. The lowest BCUT2D eigenvalue weighted by Crippen LogP contribution is -2.41. The summed E-state index contributed by atoms with van der Waals surface area (Å²) in [6.45, 7) is 5.27. The second-order valence-corrected chi connectivity index (χ2v) is 11.9. The third-order valence-corrected chi connectivity index (χ3v) is 9.15. The molecule has 0 saturated heterocycles. The number of nitrogens with zero attached hydrogens (tertiary/aromatic N) is 4. The summed E-state index contributed by atoms with van der Waals surface area (Å²) in [7, 11) is 3.84. The average molecular weight is 563 g/mol. The molecule has 6 nitrogen and oxygen atoms in total. The van der Waals surface area contributed by atoms with Crippen molar-refractivity contribution in [2.45, 2.75) is 52.1 Å². The molecule has 4 aromatic rings. The molecule has 0 N–H and O–H groups in total. The summed E-state index contributed by atoms with van der Waals surface area (Å²) < 4.78 is 7.07. The zero-order valence-corrected chi connectivity index (χ0v) is 24.6. The maximum Gasteiger partial charge on any atom is 0.266 e. The summed E-state index contributed by atoms with van der Waals surface area (Å²) in [4.78, 5) is 27.7. The highest BCUT2D eigenvalue weighted by Gasteiger charge is 2.31. The number of carbonyl (C=O) groups is 1. The molecule has 2 aromatic heterocycles. The average Bonchev–Trinajstić information content (AvgIpc) is 3.29. The van der Waals surface area contributed by atoms with Crippen LogP contribution in [0.1, 0.15) is 54.8 Å². The molecule has 0 aliphatic heterocycles. The van der Waals surface area contributed by atoms with E-state index >= 15 is 0 Å². The first kappa shape index (κ1) is 27.4. The van der Waals surface area contributed by atoms with Crippen molar-refractivity contribution in [1.29, 1.82) is 0 Å². The number of anilines is 1. The Labute approximate surface area is 239 Å². The molecule has 1 aliphatic carbocycles. The van der Waals surface area contributed by atoms with Crippen LogP contribution in [0.25, 0.3) is 21.2 Å². The van der Waals surface area contributed by atoms with Gasteiger partial charge in [-0.05, 0) is 62.3 Å². The molecule has 1 aliphatic rings. The topological polar surface area (TPSA) is 58.6 Å². The molecule has 204 valence electrons. The molecule has 8 heteroatoms. The molecule has 1 fully saturated rings. The van der Waals surface area contributed by atoms with Crippen molar-refractivity contribution in [3.63, 3.8) is 0 Å². The highest BCUT2D eigenvalue weighted by molar-refractivity contribution is 7.21. The van der Waals surface area contributed by atoms with Gasteiger partial charge in [-0.2, -0.15) is 0 Å². The molecule has 2 aromatic carbocycles. The van der Waals surface area contributed by atoms with Gasteiger partial charge in [0.1, 0.15) is 10.6 Å². The third-order valence-electron chi connectivity index (χ3n) is 7.49. The van der Waals surface area contributed by atoms with Crippen molar-refractivity contribution in [3.8, 4) is 16.9 Å². The van der Waals surface area contributed by atoms with Gasteiger partial charge in [-0.1, -0.05) is 42.8 Å². The Bertz CT molecular complexity index is 1450. The molecular weight excluding hydrogens is 528 g/mol. The van der Waals surface area contributed by atoms with Gasteiger partial charge in [-0.15, -0.1) is 11.3 Å². The van der Waals surface area contributed by atoms with Gasteiger partial charge >= 0.3 is 0 Å². The molecule has 39 heavy (non-hydrogen) atoms. The van der Waals surface area contributed by atoms with E-state index in [0.29, 0.717) is 34.9 Å². The summed E-state index contributed by atoms with van der Waals surface area (Å²) in [6, 6.07) is 14.2. The van der Waals surface area contributed by atoms with Gasteiger partial charge in [0.05, 0.1) is 11.6 Å². The number of thiophene rings is 1. The van der Waals surface area contributed by atoms with Crippen LogP contribution in [0.15, 0.2) is 54.9 Å². The number of benzene rings is 2. The fourth-order valence-corrected chi connectivity index (χ4v) is 6.73. The number of hydrogen-bond donors (Lipinski definition) is 0. The Morgan fingerprint density at radius 2 is 1.77 bits per heavy atom. The van der Waals surface area contributed by atoms with Crippen LogP contribution in [0.3, 0.4) is 0 Å². The predicted molar refractivity (Wildman–Crippen MR) is 161 cm³/mol. The lowest BCUT2D eigenvalue weighted by atomic mass is 9.86. The number of amides is 1. The molecule has 0 spiro atoms. The van der Waals surface area contributed by atoms with Crippen LogP contribution in [0.2, 0.25) is 5.02 Å². The molecule has 1 amide bonds. The quantitative estimate of drug-likeness (QED) is 0.220. The van der Waals surface area contributed by atoms with E-state index in [1.807, 2.05) is 79.6 Å². The van der Waals surface area contributed by atoms with E-state index in [4.69, 9.17) is 16.3 Å². The lowest BCUT2D eigenvalue weighted by Gasteiger charge is -2.36. The zero-order chi connectivity index (χ0) is 27.5. The van der Waals surface area contributed by atoms with E-state index in [1.165, 1.54) is 11.3 Å². The normalized spacial score (nSPS) is 17.3. The van der Waals surface area contributed by atoms with Gasteiger partial charge in [0.2, 0.25) is 5.95 Å². The Kier molecular flexibility index (Phi) is 8.38. The number of hydrogen-bond acceptors (Lipinski definition) is 6.